The zero-order valence-electron chi connectivity index (χ0n) is 17.3. The zero-order chi connectivity index (χ0) is 22.9. The Morgan fingerprint density at radius 3 is 2.28 bits per heavy atom. The molecule has 0 aliphatic rings. The first-order chi connectivity index (χ1) is 15.5. The van der Waals surface area contributed by atoms with Crippen LogP contribution in [0.15, 0.2) is 79.4 Å². The molecule has 0 atom stereocenters. The van der Waals surface area contributed by atoms with Gasteiger partial charge in [0, 0.05) is 21.8 Å². The van der Waals surface area contributed by atoms with Crippen LogP contribution in [-0.2, 0) is 16.1 Å². The Kier molecular flexibility index (Phi) is 7.89. The molecular weight excluding hydrogens is 430 g/mol. The van der Waals surface area contributed by atoms with Crippen molar-refractivity contribution in [3.63, 3.8) is 0 Å². The summed E-state index contributed by atoms with van der Waals surface area (Å²) in [5.74, 6) is 0.496. The monoisotopic (exact) mass is 451 g/mol. The maximum Gasteiger partial charge on any atom is 0.344 e. The second-order valence-corrected chi connectivity index (χ2v) is 7.21. The van der Waals surface area contributed by atoms with E-state index in [2.05, 4.69) is 6.58 Å². The minimum Gasteiger partial charge on any atom is -0.489 e. The number of carbonyl (C=O) groups is 2. The molecule has 6 nitrogen and oxygen atoms in total. The Labute approximate surface area is 191 Å². The van der Waals surface area contributed by atoms with Crippen LogP contribution in [0.25, 0.3) is 0 Å². The van der Waals surface area contributed by atoms with E-state index in [9.17, 15) is 9.59 Å². The van der Waals surface area contributed by atoms with E-state index in [0.717, 1.165) is 5.56 Å². The molecule has 0 heterocycles. The van der Waals surface area contributed by atoms with Crippen LogP contribution in [-0.4, -0.2) is 25.0 Å². The van der Waals surface area contributed by atoms with Crippen LogP contribution in [0.4, 0.5) is 5.69 Å². The predicted octanol–water partition coefficient (Wildman–Crippen LogP) is 4.84. The second-order valence-electron chi connectivity index (χ2n) is 6.78. The number of anilines is 1. The van der Waals surface area contributed by atoms with Crippen molar-refractivity contribution in [2.24, 2.45) is 0 Å². The van der Waals surface area contributed by atoms with Gasteiger partial charge < -0.3 is 19.9 Å². The maximum atomic E-state index is 12.7. The Morgan fingerprint density at radius 1 is 0.938 bits per heavy atom. The minimum atomic E-state index is -0.461. The molecule has 0 aromatic heterocycles. The molecular formula is C25H22ClNO5. The molecule has 0 bridgehead atoms. The number of hydrogen-bond acceptors (Lipinski definition) is 6. The number of carbonyl (C=O) groups excluding carboxylic acids is 2. The van der Waals surface area contributed by atoms with Crippen LogP contribution >= 0.6 is 11.6 Å². The minimum absolute atomic E-state index is 0.155. The summed E-state index contributed by atoms with van der Waals surface area (Å²) in [6.07, 6.45) is 1.49. The van der Waals surface area contributed by atoms with Crippen molar-refractivity contribution in [3.05, 3.63) is 101 Å². The third-order valence-corrected chi connectivity index (χ3v) is 4.66. The molecule has 3 aromatic carbocycles. The normalized spacial score (nSPS) is 10.3. The fraction of sp³-hybridized carbons (Fsp3) is 0.120. The number of ketones is 1. The van der Waals surface area contributed by atoms with Crippen molar-refractivity contribution in [1.29, 1.82) is 0 Å². The van der Waals surface area contributed by atoms with Crippen molar-refractivity contribution in [3.8, 4) is 11.5 Å². The zero-order valence-corrected chi connectivity index (χ0v) is 18.0. The lowest BCUT2D eigenvalue weighted by Gasteiger charge is -2.09. The van der Waals surface area contributed by atoms with Crippen LogP contribution in [0.2, 0.25) is 5.02 Å². The largest absolute Gasteiger partial charge is 0.489 e. The van der Waals surface area contributed by atoms with Crippen LogP contribution in [0, 0.1) is 0 Å². The van der Waals surface area contributed by atoms with Gasteiger partial charge in [-0.2, -0.15) is 0 Å². The van der Waals surface area contributed by atoms with Gasteiger partial charge in [0.2, 0.25) is 0 Å². The maximum absolute atomic E-state index is 12.7. The van der Waals surface area contributed by atoms with Gasteiger partial charge in [-0.3, -0.25) is 4.79 Å². The van der Waals surface area contributed by atoms with E-state index >= 15 is 0 Å². The van der Waals surface area contributed by atoms with Gasteiger partial charge >= 0.3 is 5.97 Å². The third kappa shape index (κ3) is 6.36. The Balaban J connectivity index is 1.53. The summed E-state index contributed by atoms with van der Waals surface area (Å²) in [6, 6.07) is 18.8. The summed E-state index contributed by atoms with van der Waals surface area (Å²) in [6.45, 7) is 3.79. The summed E-state index contributed by atoms with van der Waals surface area (Å²) in [7, 11) is 0. The van der Waals surface area contributed by atoms with E-state index in [4.69, 9.17) is 31.5 Å². The summed E-state index contributed by atoms with van der Waals surface area (Å²) in [4.78, 5) is 24.1. The Hall–Kier alpha value is -3.77. The highest BCUT2D eigenvalue weighted by Gasteiger charge is 2.13. The molecule has 0 fully saturated rings. The number of halogens is 1. The number of rotatable bonds is 10. The number of nitrogens with two attached hydrogens (primary N) is 1. The topological polar surface area (TPSA) is 87.9 Å². The van der Waals surface area contributed by atoms with Gasteiger partial charge in [0.1, 0.15) is 24.7 Å². The van der Waals surface area contributed by atoms with Crippen LogP contribution < -0.4 is 15.2 Å². The lowest BCUT2D eigenvalue weighted by atomic mass is 10.0. The number of nitrogen functional groups attached to an aromatic ring is 1. The molecule has 0 spiro atoms. The van der Waals surface area contributed by atoms with Crippen molar-refractivity contribution < 1.29 is 23.8 Å². The fourth-order valence-electron chi connectivity index (χ4n) is 2.77. The van der Waals surface area contributed by atoms with E-state index in [1.54, 1.807) is 54.6 Å². The number of ether oxygens (including phenoxy) is 3. The fourth-order valence-corrected chi connectivity index (χ4v) is 2.94. The molecule has 7 heteroatoms. The van der Waals surface area contributed by atoms with Gasteiger partial charge in [-0.1, -0.05) is 36.4 Å². The Bertz CT molecular complexity index is 1090. The predicted molar refractivity (Wildman–Crippen MR) is 123 cm³/mol. The number of hydrogen-bond donors (Lipinski definition) is 1. The highest BCUT2D eigenvalue weighted by Crippen LogP contribution is 2.23. The van der Waals surface area contributed by atoms with Crippen LogP contribution in [0.3, 0.4) is 0 Å². The van der Waals surface area contributed by atoms with E-state index < -0.39 is 5.97 Å². The molecule has 0 saturated heterocycles. The lowest BCUT2D eigenvalue weighted by Crippen LogP contribution is -2.14. The van der Waals surface area contributed by atoms with Gasteiger partial charge in [-0.25, -0.2) is 4.79 Å². The van der Waals surface area contributed by atoms with Crippen molar-refractivity contribution in [1.82, 2.24) is 0 Å². The molecule has 0 saturated carbocycles. The highest BCUT2D eigenvalue weighted by molar-refractivity contribution is 6.31. The first kappa shape index (κ1) is 22.9. The average molecular weight is 452 g/mol. The van der Waals surface area contributed by atoms with Gasteiger partial charge in [0.15, 0.2) is 12.4 Å². The molecule has 0 amide bonds. The summed E-state index contributed by atoms with van der Waals surface area (Å²) in [5.41, 5.74) is 8.03. The van der Waals surface area contributed by atoms with Gasteiger partial charge in [0.25, 0.3) is 0 Å². The SMILES string of the molecule is C=CCOC(=O)COc1ccc(COc2ccc(C(=O)c3cc(Cl)ccc3N)cc2)cc1. The van der Waals surface area contributed by atoms with Crippen molar-refractivity contribution >= 4 is 29.0 Å². The van der Waals surface area contributed by atoms with Gasteiger partial charge in [-0.05, 0) is 60.2 Å². The molecule has 2 N–H and O–H groups in total. The van der Waals surface area contributed by atoms with Crippen LogP contribution in [0.5, 0.6) is 11.5 Å². The van der Waals surface area contributed by atoms with E-state index in [-0.39, 0.29) is 19.0 Å². The molecule has 0 radical (unpaired) electrons. The summed E-state index contributed by atoms with van der Waals surface area (Å²) >= 11 is 5.97. The Morgan fingerprint density at radius 2 is 1.59 bits per heavy atom. The number of benzene rings is 3. The standard InChI is InChI=1S/C25H22ClNO5/c1-2-13-30-24(28)16-32-20-8-3-17(4-9-20)15-31-21-10-5-18(6-11-21)25(29)22-14-19(26)7-12-23(22)27/h2-12,14H,1,13,15-16,27H2. The van der Waals surface area contributed by atoms with Crippen LogP contribution in [0.1, 0.15) is 21.5 Å². The third-order valence-electron chi connectivity index (χ3n) is 4.42. The van der Waals surface area contributed by atoms with Gasteiger partial charge in [-0.15, -0.1) is 0 Å². The van der Waals surface area contributed by atoms with E-state index in [1.165, 1.54) is 6.08 Å². The quantitative estimate of drug-likeness (QED) is 0.205. The lowest BCUT2D eigenvalue weighted by molar-refractivity contribution is -0.144. The molecule has 0 unspecified atom stereocenters. The second kappa shape index (κ2) is 11.0. The highest BCUT2D eigenvalue weighted by atomic mass is 35.5. The molecule has 3 rings (SSSR count). The summed E-state index contributed by atoms with van der Waals surface area (Å²) < 4.78 is 16.0. The van der Waals surface area contributed by atoms with E-state index in [1.807, 2.05) is 12.1 Å². The van der Waals surface area contributed by atoms with E-state index in [0.29, 0.717) is 39.9 Å². The molecule has 0 aliphatic heterocycles. The molecule has 0 aliphatic carbocycles. The molecule has 164 valence electrons. The first-order valence-corrected chi connectivity index (χ1v) is 10.1. The van der Waals surface area contributed by atoms with Gasteiger partial charge in [0.05, 0.1) is 0 Å². The smallest absolute Gasteiger partial charge is 0.344 e. The average Bonchev–Trinajstić information content (AvgIpc) is 2.82. The summed E-state index contributed by atoms with van der Waals surface area (Å²) in [5, 5.41) is 0.451. The first-order valence-electron chi connectivity index (χ1n) is 9.77. The van der Waals surface area contributed by atoms with Crippen molar-refractivity contribution in [2.75, 3.05) is 18.9 Å². The van der Waals surface area contributed by atoms with Crippen molar-refractivity contribution in [2.45, 2.75) is 6.61 Å². The number of esters is 1. The molecule has 32 heavy (non-hydrogen) atoms. The molecule has 3 aromatic rings.